The van der Waals surface area contributed by atoms with Crippen molar-refractivity contribution in [2.75, 3.05) is 83.1 Å². The summed E-state index contributed by atoms with van der Waals surface area (Å²) in [6.07, 6.45) is -2.70. The second kappa shape index (κ2) is 16.8. The van der Waals surface area contributed by atoms with Gasteiger partial charge in [-0.05, 0) is 48.9 Å². The molecule has 19 heteroatoms. The number of hydrogen-bond donors (Lipinski definition) is 6. The Morgan fingerprint density at radius 1 is 0.983 bits per heavy atom. The molecule has 0 aliphatic carbocycles. The van der Waals surface area contributed by atoms with Crippen molar-refractivity contribution < 1.29 is 46.3 Å². The Balaban J connectivity index is 0.936. The molecular formula is C40H47F4N10O5+. The standard InChI is InChI=1S/C40H46F4N10O5/c1-23-15-27(49-37(57)36-47-20-28(48-36)16-31-34(50-51-35(31)40(42,43)44)30-6-3-26(45-2)17-32(30)41)4-5-29(23)39(59)53-11-9-52(10-12-53)38(58)25-7-13-54(14-8-25,22-33(55)56)21-24-18-46-19-24/h3-6,15,17,20,24-25,46H,7-14,16,18-19,21-22H2,1-2H3,(H4-,45,47,48,49,50,51,55,56,57,59)/p+1. The van der Waals surface area contributed by atoms with Gasteiger partial charge >= 0.3 is 12.1 Å². The summed E-state index contributed by atoms with van der Waals surface area (Å²) in [5.41, 5.74) is 0.136. The van der Waals surface area contributed by atoms with Crippen molar-refractivity contribution in [3.8, 4) is 11.3 Å². The number of carboxylic acid groups (broad SMARTS) is 1. The highest BCUT2D eigenvalue weighted by Crippen LogP contribution is 2.37. The van der Waals surface area contributed by atoms with Crippen molar-refractivity contribution >= 4 is 35.1 Å². The monoisotopic (exact) mass is 823 g/mol. The summed E-state index contributed by atoms with van der Waals surface area (Å²) < 4.78 is 57.4. The smallest absolute Gasteiger partial charge is 0.433 e. The number of nitrogens with one attached hydrogen (secondary N) is 5. The van der Waals surface area contributed by atoms with Crippen molar-refractivity contribution in [2.45, 2.75) is 32.4 Å². The Hall–Kier alpha value is -5.82. The summed E-state index contributed by atoms with van der Waals surface area (Å²) in [5, 5.41) is 24.1. The van der Waals surface area contributed by atoms with Gasteiger partial charge in [-0.25, -0.2) is 14.2 Å². The number of aromatic nitrogens is 4. The van der Waals surface area contributed by atoms with Gasteiger partial charge in [0.25, 0.3) is 11.8 Å². The lowest BCUT2D eigenvalue weighted by atomic mass is 9.90. The van der Waals surface area contributed by atoms with Crippen LogP contribution in [0.25, 0.3) is 11.3 Å². The van der Waals surface area contributed by atoms with Gasteiger partial charge in [0.1, 0.15) is 11.5 Å². The van der Waals surface area contributed by atoms with Gasteiger partial charge in [0.05, 0.1) is 25.3 Å². The predicted octanol–water partition coefficient (Wildman–Crippen LogP) is 3.97. The summed E-state index contributed by atoms with van der Waals surface area (Å²) in [7, 11) is 1.58. The van der Waals surface area contributed by atoms with Gasteiger partial charge in [0.2, 0.25) is 5.91 Å². The fourth-order valence-electron chi connectivity index (χ4n) is 8.42. The maximum absolute atomic E-state index is 14.9. The number of H-pyrrole nitrogens is 2. The molecule has 0 radical (unpaired) electrons. The molecule has 314 valence electrons. The highest BCUT2D eigenvalue weighted by atomic mass is 19.4. The SMILES string of the molecule is CNc1ccc(-c2n[nH]c(C(F)(F)F)c2Cc2cnc(C(=O)Nc3ccc(C(=O)N4CCN(C(=O)C5CC[N+](CC(=O)O)(CC6CNC6)CC5)CC4)c(C)c3)[nH]2)c(F)c1. The molecule has 2 aromatic heterocycles. The van der Waals surface area contributed by atoms with Crippen LogP contribution in [0.15, 0.2) is 42.6 Å². The number of amides is 3. The van der Waals surface area contributed by atoms with E-state index in [1.807, 2.05) is 5.10 Å². The first kappa shape index (κ1) is 41.3. The molecular weight excluding hydrogens is 776 g/mol. The number of benzene rings is 2. The minimum atomic E-state index is -4.82. The first-order valence-corrected chi connectivity index (χ1v) is 19.6. The number of halogens is 4. The summed E-state index contributed by atoms with van der Waals surface area (Å²) >= 11 is 0. The van der Waals surface area contributed by atoms with Crippen LogP contribution in [0.3, 0.4) is 0 Å². The number of hydrogen-bond acceptors (Lipinski definition) is 8. The molecule has 3 amide bonds. The van der Waals surface area contributed by atoms with E-state index in [9.17, 15) is 41.8 Å². The van der Waals surface area contributed by atoms with Crippen molar-refractivity contribution in [3.63, 3.8) is 0 Å². The molecule has 6 N–H and O–H groups in total. The molecule has 2 aromatic carbocycles. The van der Waals surface area contributed by atoms with Gasteiger partial charge in [0.15, 0.2) is 12.4 Å². The topological polar surface area (TPSA) is 188 Å². The largest absolute Gasteiger partial charge is 0.477 e. The molecule has 0 unspecified atom stereocenters. The number of carboxylic acids is 1. The minimum Gasteiger partial charge on any atom is -0.477 e. The number of piperidine rings is 1. The van der Waals surface area contributed by atoms with E-state index in [4.69, 9.17) is 0 Å². The van der Waals surface area contributed by atoms with Gasteiger partial charge in [-0.1, -0.05) is 0 Å². The molecule has 3 saturated heterocycles. The number of quaternary nitrogens is 1. The number of likely N-dealkylation sites (tertiary alicyclic amines) is 1. The maximum Gasteiger partial charge on any atom is 0.433 e. The van der Waals surface area contributed by atoms with Crippen LogP contribution in [0.4, 0.5) is 28.9 Å². The zero-order valence-corrected chi connectivity index (χ0v) is 32.7. The second-order valence-electron chi connectivity index (χ2n) is 15.7. The zero-order valence-electron chi connectivity index (χ0n) is 32.7. The van der Waals surface area contributed by atoms with E-state index in [2.05, 4.69) is 31.0 Å². The van der Waals surface area contributed by atoms with E-state index in [-0.39, 0.29) is 59.0 Å². The van der Waals surface area contributed by atoms with Gasteiger partial charge < -0.3 is 40.3 Å². The first-order chi connectivity index (χ1) is 28.1. The minimum absolute atomic E-state index is 0.0544. The average molecular weight is 824 g/mol. The number of aromatic amines is 2. The third-order valence-electron chi connectivity index (χ3n) is 11.7. The number of nitrogens with zero attached hydrogens (tertiary/aromatic N) is 5. The number of aliphatic carboxylic acids is 1. The fraction of sp³-hybridized carbons (Fsp3) is 0.450. The quantitative estimate of drug-likeness (QED) is 0.0909. The van der Waals surface area contributed by atoms with Crippen LogP contribution in [-0.4, -0.2) is 136 Å². The van der Waals surface area contributed by atoms with E-state index in [1.54, 1.807) is 42.0 Å². The van der Waals surface area contributed by atoms with Gasteiger partial charge in [-0.15, -0.1) is 0 Å². The second-order valence-corrected chi connectivity index (χ2v) is 15.7. The van der Waals surface area contributed by atoms with Crippen molar-refractivity contribution in [2.24, 2.45) is 11.8 Å². The third-order valence-corrected chi connectivity index (χ3v) is 11.7. The molecule has 0 atom stereocenters. The lowest BCUT2D eigenvalue weighted by Crippen LogP contribution is -2.62. The third kappa shape index (κ3) is 9.10. The number of alkyl halides is 3. The summed E-state index contributed by atoms with van der Waals surface area (Å²) in [4.78, 5) is 62.2. The number of carbonyl (C=O) groups is 4. The Morgan fingerprint density at radius 2 is 1.68 bits per heavy atom. The summed E-state index contributed by atoms with van der Waals surface area (Å²) in [6.45, 7) is 7.22. The molecule has 0 bridgehead atoms. The predicted molar refractivity (Wildman–Crippen MR) is 208 cm³/mol. The van der Waals surface area contributed by atoms with E-state index in [0.29, 0.717) is 85.0 Å². The van der Waals surface area contributed by atoms with Crippen LogP contribution in [0, 0.1) is 24.6 Å². The average Bonchev–Trinajstić information content (AvgIpc) is 3.84. The van der Waals surface area contributed by atoms with Gasteiger partial charge in [-0.2, -0.15) is 18.3 Å². The number of anilines is 2. The zero-order chi connectivity index (χ0) is 42.1. The normalized spacial score (nSPS) is 19.9. The van der Waals surface area contributed by atoms with Crippen molar-refractivity contribution in [1.82, 2.24) is 35.3 Å². The van der Waals surface area contributed by atoms with Crippen LogP contribution >= 0.6 is 0 Å². The van der Waals surface area contributed by atoms with E-state index >= 15 is 0 Å². The highest BCUT2D eigenvalue weighted by molar-refractivity contribution is 6.02. The highest BCUT2D eigenvalue weighted by Gasteiger charge is 2.42. The van der Waals surface area contributed by atoms with Crippen LogP contribution in [0.5, 0.6) is 0 Å². The molecule has 4 aromatic rings. The Labute approximate surface area is 337 Å². The van der Waals surface area contributed by atoms with Gasteiger partial charge in [0, 0.05) is 117 Å². The van der Waals surface area contributed by atoms with E-state index < -0.39 is 29.6 Å². The van der Waals surface area contributed by atoms with Gasteiger partial charge in [-0.3, -0.25) is 19.5 Å². The molecule has 0 saturated carbocycles. The Bertz CT molecular complexity index is 2220. The van der Waals surface area contributed by atoms with Crippen LogP contribution in [-0.2, 0) is 22.2 Å². The molecule has 3 aliphatic rings. The first-order valence-electron chi connectivity index (χ1n) is 19.6. The number of imidazole rings is 1. The Kier molecular flexibility index (Phi) is 11.8. The van der Waals surface area contributed by atoms with E-state index in [0.717, 1.165) is 25.7 Å². The lowest BCUT2D eigenvalue weighted by molar-refractivity contribution is -0.929. The number of rotatable bonds is 12. The molecule has 15 nitrogen and oxygen atoms in total. The maximum atomic E-state index is 14.9. The number of piperazine rings is 1. The van der Waals surface area contributed by atoms with Crippen LogP contribution in [0.1, 0.15) is 56.3 Å². The Morgan fingerprint density at radius 3 is 2.29 bits per heavy atom. The molecule has 3 fully saturated rings. The van der Waals surface area contributed by atoms with Crippen molar-refractivity contribution in [3.05, 3.63) is 82.3 Å². The molecule has 0 spiro atoms. The molecule has 3 aliphatic heterocycles. The van der Waals surface area contributed by atoms with Crippen molar-refractivity contribution in [1.29, 1.82) is 0 Å². The fourth-order valence-corrected chi connectivity index (χ4v) is 8.42. The van der Waals surface area contributed by atoms with Crippen LogP contribution < -0.4 is 16.0 Å². The van der Waals surface area contributed by atoms with E-state index in [1.165, 1.54) is 18.3 Å². The van der Waals surface area contributed by atoms with Crippen LogP contribution in [0.2, 0.25) is 0 Å². The lowest BCUT2D eigenvalue weighted by Gasteiger charge is -2.46. The molecule has 59 heavy (non-hydrogen) atoms. The molecule has 5 heterocycles. The number of aryl methyl sites for hydroxylation is 1. The molecule has 7 rings (SSSR count). The summed E-state index contributed by atoms with van der Waals surface area (Å²) in [5.74, 6) is -2.30. The summed E-state index contributed by atoms with van der Waals surface area (Å²) in [6, 6.07) is 8.79. The number of carbonyl (C=O) groups excluding carboxylic acids is 3.